The minimum Gasteiger partial charge on any atom is -0.478 e. The fourth-order valence-electron chi connectivity index (χ4n) is 0.652. The summed E-state index contributed by atoms with van der Waals surface area (Å²) in [6, 6.07) is 0. The van der Waals surface area contributed by atoms with Gasteiger partial charge in [-0.25, -0.2) is 4.79 Å². The molecule has 0 aliphatic rings. The average Bonchev–Trinajstić information content (AvgIpc) is 2.11. The van der Waals surface area contributed by atoms with Crippen molar-refractivity contribution in [3.63, 3.8) is 0 Å². The van der Waals surface area contributed by atoms with Crippen molar-refractivity contribution in [2.45, 2.75) is 6.92 Å². The molecular weight excluding hydrogens is 200 g/mol. The van der Waals surface area contributed by atoms with Gasteiger partial charge >= 0.3 is 5.97 Å². The van der Waals surface area contributed by atoms with Crippen molar-refractivity contribution in [1.82, 2.24) is 10.2 Å². The van der Waals surface area contributed by atoms with Gasteiger partial charge in [-0.1, -0.05) is 0 Å². The summed E-state index contributed by atoms with van der Waals surface area (Å²) in [7, 11) is 0. The predicted octanol–water partition coefficient (Wildman–Crippen LogP) is 1.18. The second-order valence-corrected chi connectivity index (χ2v) is 2.60. The molecule has 0 aliphatic carbocycles. The fraction of sp³-hybridized carbons (Fsp3) is 0.200. The van der Waals surface area contributed by atoms with E-state index in [-0.39, 0.29) is 5.56 Å². The van der Waals surface area contributed by atoms with Crippen LogP contribution in [0, 0.1) is 6.92 Å². The molecule has 2 N–H and O–H groups in total. The maximum atomic E-state index is 10.4. The van der Waals surface area contributed by atoms with Crippen molar-refractivity contribution in [3.8, 4) is 0 Å². The third-order valence-electron chi connectivity index (χ3n) is 1.12. The summed E-state index contributed by atoms with van der Waals surface area (Å²) in [6.07, 6.45) is 0. The van der Waals surface area contributed by atoms with Crippen molar-refractivity contribution in [2.75, 3.05) is 0 Å². The van der Waals surface area contributed by atoms with Gasteiger partial charge in [0, 0.05) is 0 Å². The Labute approximate surface area is 65.4 Å². The van der Waals surface area contributed by atoms with Crippen molar-refractivity contribution in [1.29, 1.82) is 0 Å². The number of carboxylic acids is 1. The SMILES string of the molecule is Cc1n[nH]c(Br)c1C(=O)O. The van der Waals surface area contributed by atoms with Gasteiger partial charge in [0.2, 0.25) is 0 Å². The van der Waals surface area contributed by atoms with Gasteiger partial charge in [0.25, 0.3) is 0 Å². The van der Waals surface area contributed by atoms with Crippen LogP contribution in [-0.4, -0.2) is 21.3 Å². The number of hydrogen-bond donors (Lipinski definition) is 2. The van der Waals surface area contributed by atoms with Crippen LogP contribution in [0.4, 0.5) is 0 Å². The molecule has 0 bridgehead atoms. The number of carboxylic acid groups (broad SMARTS) is 1. The van der Waals surface area contributed by atoms with Crippen LogP contribution in [0.3, 0.4) is 0 Å². The number of nitrogens with one attached hydrogen (secondary N) is 1. The van der Waals surface area contributed by atoms with Crippen LogP contribution in [0.2, 0.25) is 0 Å². The highest BCUT2D eigenvalue weighted by molar-refractivity contribution is 9.10. The first-order valence-corrected chi connectivity index (χ1v) is 3.36. The van der Waals surface area contributed by atoms with E-state index in [9.17, 15) is 4.79 Å². The molecule has 0 aliphatic heterocycles. The molecule has 0 atom stereocenters. The molecule has 4 nitrogen and oxygen atoms in total. The monoisotopic (exact) mass is 204 g/mol. The lowest BCUT2D eigenvalue weighted by molar-refractivity contribution is 0.0695. The van der Waals surface area contributed by atoms with E-state index in [4.69, 9.17) is 5.11 Å². The Bertz CT molecular complexity index is 249. The van der Waals surface area contributed by atoms with E-state index in [1.807, 2.05) is 0 Å². The van der Waals surface area contributed by atoms with Crippen molar-refractivity contribution >= 4 is 21.9 Å². The number of H-pyrrole nitrogens is 1. The van der Waals surface area contributed by atoms with Gasteiger partial charge in [-0.05, 0) is 22.9 Å². The third-order valence-corrected chi connectivity index (χ3v) is 1.69. The molecule has 0 fully saturated rings. The zero-order valence-electron chi connectivity index (χ0n) is 5.18. The molecule has 0 unspecified atom stereocenters. The van der Waals surface area contributed by atoms with Crippen LogP contribution in [0.15, 0.2) is 4.60 Å². The lowest BCUT2D eigenvalue weighted by Crippen LogP contribution is -1.97. The van der Waals surface area contributed by atoms with Crippen LogP contribution < -0.4 is 0 Å². The second kappa shape index (κ2) is 2.42. The first-order chi connectivity index (χ1) is 4.63. The van der Waals surface area contributed by atoms with Crippen LogP contribution in [0.5, 0.6) is 0 Å². The van der Waals surface area contributed by atoms with E-state index >= 15 is 0 Å². The summed E-state index contributed by atoms with van der Waals surface area (Å²) in [5.74, 6) is -0.974. The Hall–Kier alpha value is -0.840. The molecule has 54 valence electrons. The highest BCUT2D eigenvalue weighted by atomic mass is 79.9. The van der Waals surface area contributed by atoms with E-state index in [0.29, 0.717) is 10.3 Å². The fourth-order valence-corrected chi connectivity index (χ4v) is 1.20. The lowest BCUT2D eigenvalue weighted by Gasteiger charge is -1.87. The summed E-state index contributed by atoms with van der Waals surface area (Å²) in [5, 5.41) is 14.7. The first-order valence-electron chi connectivity index (χ1n) is 2.56. The normalized spacial score (nSPS) is 9.80. The van der Waals surface area contributed by atoms with Crippen LogP contribution in [0.25, 0.3) is 0 Å². The molecule has 1 aromatic rings. The molecule has 5 heteroatoms. The maximum Gasteiger partial charge on any atom is 0.340 e. The van der Waals surface area contributed by atoms with Gasteiger partial charge in [-0.15, -0.1) is 0 Å². The Kier molecular flexibility index (Phi) is 1.76. The molecule has 0 spiro atoms. The first kappa shape index (κ1) is 7.27. The van der Waals surface area contributed by atoms with Crippen LogP contribution in [-0.2, 0) is 0 Å². The number of aromatic amines is 1. The Morgan fingerprint density at radius 3 is 2.60 bits per heavy atom. The summed E-state index contributed by atoms with van der Waals surface area (Å²) < 4.78 is 0.414. The number of hydrogen-bond acceptors (Lipinski definition) is 2. The molecule has 10 heavy (non-hydrogen) atoms. The number of nitrogens with zero attached hydrogens (tertiary/aromatic N) is 1. The summed E-state index contributed by atoms with van der Waals surface area (Å²) in [4.78, 5) is 10.4. The Morgan fingerprint density at radius 2 is 2.40 bits per heavy atom. The van der Waals surface area contributed by atoms with Gasteiger partial charge in [0.15, 0.2) is 0 Å². The number of aromatic nitrogens is 2. The van der Waals surface area contributed by atoms with Crippen LogP contribution >= 0.6 is 15.9 Å². The summed E-state index contributed by atoms with van der Waals surface area (Å²) in [6.45, 7) is 1.63. The molecule has 1 aromatic heterocycles. The van der Waals surface area contributed by atoms with Gasteiger partial charge in [-0.3, -0.25) is 5.10 Å². The van der Waals surface area contributed by atoms with E-state index in [1.54, 1.807) is 6.92 Å². The quantitative estimate of drug-likeness (QED) is 0.723. The van der Waals surface area contributed by atoms with Crippen molar-refractivity contribution < 1.29 is 9.90 Å². The van der Waals surface area contributed by atoms with Gasteiger partial charge in [-0.2, -0.15) is 5.10 Å². The smallest absolute Gasteiger partial charge is 0.340 e. The molecule has 0 saturated heterocycles. The highest BCUT2D eigenvalue weighted by Crippen LogP contribution is 2.15. The number of aryl methyl sites for hydroxylation is 1. The van der Waals surface area contributed by atoms with E-state index < -0.39 is 5.97 Å². The minimum absolute atomic E-state index is 0.194. The molecule has 0 saturated carbocycles. The Balaban J connectivity index is 3.23. The highest BCUT2D eigenvalue weighted by Gasteiger charge is 2.13. The number of rotatable bonds is 1. The molecule has 1 heterocycles. The van der Waals surface area contributed by atoms with E-state index in [0.717, 1.165) is 0 Å². The summed E-state index contributed by atoms with van der Waals surface area (Å²) in [5.41, 5.74) is 0.680. The van der Waals surface area contributed by atoms with Gasteiger partial charge in [0.05, 0.1) is 5.69 Å². The Morgan fingerprint density at radius 1 is 1.80 bits per heavy atom. The molecule has 0 amide bonds. The van der Waals surface area contributed by atoms with Crippen molar-refractivity contribution in [2.24, 2.45) is 0 Å². The van der Waals surface area contributed by atoms with Gasteiger partial charge in [0.1, 0.15) is 10.2 Å². The number of halogens is 1. The zero-order chi connectivity index (χ0) is 7.72. The standard InChI is InChI=1S/C5H5BrN2O2/c1-2-3(5(9)10)4(6)8-7-2/h1H3,(H,7,8)(H,9,10). The molecule has 0 radical (unpaired) electrons. The predicted molar refractivity (Wildman–Crippen MR) is 38.0 cm³/mol. The maximum absolute atomic E-state index is 10.4. The molecule has 1 rings (SSSR count). The van der Waals surface area contributed by atoms with Gasteiger partial charge < -0.3 is 5.11 Å². The summed E-state index contributed by atoms with van der Waals surface area (Å²) >= 11 is 3.02. The average molecular weight is 205 g/mol. The van der Waals surface area contributed by atoms with Crippen LogP contribution in [0.1, 0.15) is 16.1 Å². The lowest BCUT2D eigenvalue weighted by atomic mass is 10.3. The largest absolute Gasteiger partial charge is 0.478 e. The molecule has 0 aromatic carbocycles. The topological polar surface area (TPSA) is 66.0 Å². The number of aromatic carboxylic acids is 1. The zero-order valence-corrected chi connectivity index (χ0v) is 6.77. The molecular formula is C5H5BrN2O2. The minimum atomic E-state index is -0.974. The van der Waals surface area contributed by atoms with E-state index in [1.165, 1.54) is 0 Å². The van der Waals surface area contributed by atoms with Crippen molar-refractivity contribution in [3.05, 3.63) is 15.9 Å². The number of carbonyl (C=O) groups is 1. The second-order valence-electron chi connectivity index (χ2n) is 1.80. The van der Waals surface area contributed by atoms with E-state index in [2.05, 4.69) is 26.1 Å². The third kappa shape index (κ3) is 1.04.